The van der Waals surface area contributed by atoms with Crippen LogP contribution in [0.25, 0.3) is 0 Å². The van der Waals surface area contributed by atoms with Crippen molar-refractivity contribution in [2.75, 3.05) is 0 Å². The molecule has 74 valence electrons. The molecule has 0 spiro atoms. The van der Waals surface area contributed by atoms with Gasteiger partial charge in [0.15, 0.2) is 5.78 Å². The summed E-state index contributed by atoms with van der Waals surface area (Å²) in [6.07, 6.45) is 1.62. The van der Waals surface area contributed by atoms with Crippen LogP contribution in [-0.4, -0.2) is 5.78 Å². The summed E-state index contributed by atoms with van der Waals surface area (Å²) in [5.74, 6) is -2.00. The molecule has 0 heterocycles. The highest BCUT2D eigenvalue weighted by Crippen LogP contribution is 2.33. The Morgan fingerprint density at radius 2 is 1.79 bits per heavy atom. The first-order chi connectivity index (χ1) is 6.59. The number of rotatable bonds is 2. The lowest BCUT2D eigenvalue weighted by Gasteiger charge is -2.01. The molecule has 1 aromatic carbocycles. The summed E-state index contributed by atoms with van der Waals surface area (Å²) < 4.78 is 25.9. The van der Waals surface area contributed by atoms with E-state index in [0.717, 1.165) is 25.0 Å². The number of Topliss-reactive ketones (excluding diaryl/α,β-unsaturated/α-hetero) is 1. The van der Waals surface area contributed by atoms with Gasteiger partial charge in [-0.15, -0.1) is 0 Å². The molecule has 1 fully saturated rings. The van der Waals surface area contributed by atoms with Gasteiger partial charge in [-0.05, 0) is 25.0 Å². The Labute approximate surface area is 84.7 Å². The molecular weight excluding hydrogens is 210 g/mol. The van der Waals surface area contributed by atoms with Crippen LogP contribution in [-0.2, 0) is 0 Å². The smallest absolute Gasteiger partial charge is 0.166 e. The average molecular weight is 217 g/mol. The van der Waals surface area contributed by atoms with E-state index in [4.69, 9.17) is 11.6 Å². The quantitative estimate of drug-likeness (QED) is 0.548. The van der Waals surface area contributed by atoms with Gasteiger partial charge in [0.05, 0.1) is 0 Å². The Morgan fingerprint density at radius 1 is 1.29 bits per heavy atom. The molecule has 0 saturated heterocycles. The molecule has 1 saturated carbocycles. The van der Waals surface area contributed by atoms with E-state index < -0.39 is 16.7 Å². The fourth-order valence-electron chi connectivity index (χ4n) is 1.28. The molecule has 0 atom stereocenters. The van der Waals surface area contributed by atoms with Crippen LogP contribution in [0.15, 0.2) is 12.1 Å². The van der Waals surface area contributed by atoms with Crippen LogP contribution >= 0.6 is 11.6 Å². The molecule has 1 aliphatic rings. The van der Waals surface area contributed by atoms with Gasteiger partial charge < -0.3 is 0 Å². The number of hydrogen-bond donors (Lipinski definition) is 0. The summed E-state index contributed by atoms with van der Waals surface area (Å²) in [6, 6.07) is 1.98. The number of halogens is 3. The van der Waals surface area contributed by atoms with Gasteiger partial charge in [0.25, 0.3) is 0 Å². The highest BCUT2D eigenvalue weighted by molar-refractivity contribution is 6.31. The van der Waals surface area contributed by atoms with Crippen molar-refractivity contribution in [2.24, 2.45) is 5.92 Å². The largest absolute Gasteiger partial charge is 0.294 e. The maximum Gasteiger partial charge on any atom is 0.166 e. The Morgan fingerprint density at radius 3 is 2.21 bits per heavy atom. The zero-order valence-electron chi connectivity index (χ0n) is 7.19. The molecule has 1 nitrogen and oxygen atoms in total. The van der Waals surface area contributed by atoms with Crippen molar-refractivity contribution in [3.8, 4) is 0 Å². The third-order valence-electron chi connectivity index (χ3n) is 2.22. The summed E-state index contributed by atoms with van der Waals surface area (Å²) >= 11 is 5.29. The normalized spacial score (nSPS) is 15.6. The van der Waals surface area contributed by atoms with Gasteiger partial charge in [0.2, 0.25) is 0 Å². The minimum Gasteiger partial charge on any atom is -0.294 e. The summed E-state index contributed by atoms with van der Waals surface area (Å²) in [5.41, 5.74) is 0.0758. The molecule has 0 unspecified atom stereocenters. The molecule has 1 aromatic rings. The van der Waals surface area contributed by atoms with Crippen LogP contribution < -0.4 is 0 Å². The first kappa shape index (κ1) is 9.59. The zero-order chi connectivity index (χ0) is 10.3. The van der Waals surface area contributed by atoms with Gasteiger partial charge in [-0.1, -0.05) is 11.6 Å². The van der Waals surface area contributed by atoms with E-state index in [2.05, 4.69) is 0 Å². The van der Waals surface area contributed by atoms with Crippen molar-refractivity contribution < 1.29 is 13.6 Å². The molecule has 1 aliphatic carbocycles. The fourth-order valence-corrected chi connectivity index (χ4v) is 1.39. The minimum absolute atomic E-state index is 0.0463. The standard InChI is InChI=1S/C10H7ClF2O/c11-9-7(12)3-6(4-8(9)13)10(14)5-1-2-5/h3-5H,1-2H2. The van der Waals surface area contributed by atoms with Crippen LogP contribution in [0.3, 0.4) is 0 Å². The van der Waals surface area contributed by atoms with Crippen molar-refractivity contribution in [3.63, 3.8) is 0 Å². The summed E-state index contributed by atoms with van der Waals surface area (Å²) in [7, 11) is 0. The third-order valence-corrected chi connectivity index (χ3v) is 2.58. The monoisotopic (exact) mass is 216 g/mol. The SMILES string of the molecule is O=C(c1cc(F)c(Cl)c(F)c1)C1CC1. The summed E-state index contributed by atoms with van der Waals surface area (Å²) in [6.45, 7) is 0. The second-order valence-electron chi connectivity index (χ2n) is 3.39. The molecule has 4 heteroatoms. The lowest BCUT2D eigenvalue weighted by Crippen LogP contribution is -2.03. The van der Waals surface area contributed by atoms with Gasteiger partial charge in [-0.2, -0.15) is 0 Å². The molecule has 0 N–H and O–H groups in total. The van der Waals surface area contributed by atoms with Crippen LogP contribution in [0.5, 0.6) is 0 Å². The first-order valence-corrected chi connectivity index (χ1v) is 4.66. The van der Waals surface area contributed by atoms with Crippen molar-refractivity contribution in [2.45, 2.75) is 12.8 Å². The predicted molar refractivity (Wildman–Crippen MR) is 48.4 cm³/mol. The van der Waals surface area contributed by atoms with Crippen molar-refractivity contribution in [1.82, 2.24) is 0 Å². The van der Waals surface area contributed by atoms with E-state index in [1.165, 1.54) is 0 Å². The summed E-state index contributed by atoms with van der Waals surface area (Å²) in [4.78, 5) is 11.4. The van der Waals surface area contributed by atoms with E-state index in [0.29, 0.717) is 0 Å². The topological polar surface area (TPSA) is 17.1 Å². The van der Waals surface area contributed by atoms with Crippen molar-refractivity contribution >= 4 is 17.4 Å². The highest BCUT2D eigenvalue weighted by Gasteiger charge is 2.31. The lowest BCUT2D eigenvalue weighted by atomic mass is 10.1. The van der Waals surface area contributed by atoms with Gasteiger partial charge in [0, 0.05) is 11.5 Å². The second kappa shape index (κ2) is 3.31. The molecule has 0 amide bonds. The maximum absolute atomic E-state index is 13.0. The Hall–Kier alpha value is -0.960. The first-order valence-electron chi connectivity index (χ1n) is 4.28. The molecule has 0 radical (unpaired) electrons. The van der Waals surface area contributed by atoms with Gasteiger partial charge in [-0.25, -0.2) is 8.78 Å². The van der Waals surface area contributed by atoms with Gasteiger partial charge in [0.1, 0.15) is 16.7 Å². The lowest BCUT2D eigenvalue weighted by molar-refractivity contribution is 0.0966. The number of ketones is 1. The molecule has 14 heavy (non-hydrogen) atoms. The molecular formula is C10H7ClF2O. The Balaban J connectivity index is 2.39. The molecule has 0 bridgehead atoms. The maximum atomic E-state index is 13.0. The van der Waals surface area contributed by atoms with E-state index in [9.17, 15) is 13.6 Å². The van der Waals surface area contributed by atoms with Gasteiger partial charge in [-0.3, -0.25) is 4.79 Å². The summed E-state index contributed by atoms with van der Waals surface area (Å²) in [5, 5.41) is -0.558. The van der Waals surface area contributed by atoms with E-state index in [-0.39, 0.29) is 17.3 Å². The van der Waals surface area contributed by atoms with Crippen molar-refractivity contribution in [1.29, 1.82) is 0 Å². The zero-order valence-corrected chi connectivity index (χ0v) is 7.94. The third kappa shape index (κ3) is 1.64. The van der Waals surface area contributed by atoms with E-state index >= 15 is 0 Å². The second-order valence-corrected chi connectivity index (χ2v) is 3.77. The fraction of sp³-hybridized carbons (Fsp3) is 0.300. The Bertz CT molecular complexity index is 376. The molecule has 0 aliphatic heterocycles. The van der Waals surface area contributed by atoms with Crippen LogP contribution in [0.2, 0.25) is 5.02 Å². The van der Waals surface area contributed by atoms with E-state index in [1.54, 1.807) is 0 Å². The van der Waals surface area contributed by atoms with E-state index in [1.807, 2.05) is 0 Å². The van der Waals surface area contributed by atoms with Crippen LogP contribution in [0.4, 0.5) is 8.78 Å². The number of carbonyl (C=O) groups is 1. The molecule has 2 rings (SSSR count). The van der Waals surface area contributed by atoms with Gasteiger partial charge >= 0.3 is 0 Å². The Kier molecular flexibility index (Phi) is 2.27. The molecule has 0 aromatic heterocycles. The number of benzene rings is 1. The average Bonchev–Trinajstić information content (AvgIpc) is 2.95. The minimum atomic E-state index is -0.879. The van der Waals surface area contributed by atoms with Crippen LogP contribution in [0.1, 0.15) is 23.2 Å². The van der Waals surface area contributed by atoms with Crippen LogP contribution in [0, 0.1) is 17.6 Å². The number of carbonyl (C=O) groups excluding carboxylic acids is 1. The van der Waals surface area contributed by atoms with Crippen molar-refractivity contribution in [3.05, 3.63) is 34.4 Å². The predicted octanol–water partition coefficient (Wildman–Crippen LogP) is 3.21. The number of hydrogen-bond acceptors (Lipinski definition) is 1. The highest BCUT2D eigenvalue weighted by atomic mass is 35.5.